The predicted octanol–water partition coefficient (Wildman–Crippen LogP) is 2.18. The number of hydrogen-bond donors (Lipinski definition) is 1. The molecule has 0 radical (unpaired) electrons. The predicted molar refractivity (Wildman–Crippen MR) is 65.9 cm³/mol. The Balaban J connectivity index is 2.78. The maximum absolute atomic E-state index is 11.8. The van der Waals surface area contributed by atoms with Gasteiger partial charge in [0.1, 0.15) is 0 Å². The van der Waals surface area contributed by atoms with Gasteiger partial charge in [-0.3, -0.25) is 9.36 Å². The summed E-state index contributed by atoms with van der Waals surface area (Å²) in [7, 11) is 0. The lowest BCUT2D eigenvalue weighted by Gasteiger charge is -2.05. The third-order valence-corrected chi connectivity index (χ3v) is 2.63. The molecule has 1 aromatic heterocycles. The minimum absolute atomic E-state index is 0.120. The van der Waals surface area contributed by atoms with Crippen molar-refractivity contribution in [3.05, 3.63) is 30.0 Å². The van der Waals surface area contributed by atoms with Gasteiger partial charge in [-0.1, -0.05) is 12.1 Å². The number of aromatic hydroxyl groups is 1. The van der Waals surface area contributed by atoms with E-state index < -0.39 is 5.97 Å². The van der Waals surface area contributed by atoms with E-state index in [1.54, 1.807) is 31.2 Å². The first-order valence-electron chi connectivity index (χ1n) is 5.58. The molecule has 0 aliphatic heterocycles. The van der Waals surface area contributed by atoms with Crippen molar-refractivity contribution >= 4 is 22.8 Å². The van der Waals surface area contributed by atoms with E-state index in [4.69, 9.17) is 4.74 Å². The summed E-state index contributed by atoms with van der Waals surface area (Å²) in [6.07, 6.45) is 0. The third kappa shape index (κ3) is 1.73. The van der Waals surface area contributed by atoms with Gasteiger partial charge >= 0.3 is 5.97 Å². The van der Waals surface area contributed by atoms with Gasteiger partial charge in [-0.2, -0.15) is 0 Å². The van der Waals surface area contributed by atoms with Crippen LogP contribution in [0.3, 0.4) is 0 Å². The maximum Gasteiger partial charge on any atom is 0.359 e. The molecule has 94 valence electrons. The van der Waals surface area contributed by atoms with Crippen molar-refractivity contribution in [2.45, 2.75) is 13.8 Å². The Morgan fingerprint density at radius 2 is 2.00 bits per heavy atom. The van der Waals surface area contributed by atoms with Crippen molar-refractivity contribution in [2.75, 3.05) is 6.61 Å². The number of fused-ring (bicyclic) bond motifs is 1. The van der Waals surface area contributed by atoms with E-state index >= 15 is 0 Å². The van der Waals surface area contributed by atoms with Gasteiger partial charge in [0, 0.05) is 12.3 Å². The summed E-state index contributed by atoms with van der Waals surface area (Å²) in [5.41, 5.74) is 0.371. The van der Waals surface area contributed by atoms with Gasteiger partial charge in [0.2, 0.25) is 5.91 Å². The Kier molecular flexibility index (Phi) is 3.06. The van der Waals surface area contributed by atoms with Crippen molar-refractivity contribution in [1.29, 1.82) is 0 Å². The molecule has 5 nitrogen and oxygen atoms in total. The summed E-state index contributed by atoms with van der Waals surface area (Å²) in [5, 5.41) is 10.5. The normalized spacial score (nSPS) is 10.6. The van der Waals surface area contributed by atoms with Gasteiger partial charge in [0.15, 0.2) is 11.4 Å². The van der Waals surface area contributed by atoms with Crippen LogP contribution >= 0.6 is 0 Å². The van der Waals surface area contributed by atoms with Gasteiger partial charge in [-0.15, -0.1) is 0 Å². The molecule has 0 atom stereocenters. The molecule has 0 fully saturated rings. The number of carbonyl (C=O) groups excluding carboxylic acids is 2. The fraction of sp³-hybridized carbons (Fsp3) is 0.231. The Hall–Kier alpha value is -2.30. The van der Waals surface area contributed by atoms with Crippen LogP contribution in [-0.2, 0) is 4.74 Å². The number of carbonyl (C=O) groups is 2. The molecule has 18 heavy (non-hydrogen) atoms. The molecule has 0 saturated heterocycles. The topological polar surface area (TPSA) is 68.5 Å². The molecule has 2 rings (SSSR count). The molecule has 2 aromatic rings. The van der Waals surface area contributed by atoms with Crippen LogP contribution in [0, 0.1) is 0 Å². The Bertz CT molecular complexity index is 627. The molecule has 0 bridgehead atoms. The molecule has 1 aromatic carbocycles. The zero-order valence-corrected chi connectivity index (χ0v) is 10.1. The molecule has 0 amide bonds. The van der Waals surface area contributed by atoms with Crippen molar-refractivity contribution in [1.82, 2.24) is 4.57 Å². The second kappa shape index (κ2) is 4.52. The Labute approximate surface area is 104 Å². The first kappa shape index (κ1) is 12.2. The third-order valence-electron chi connectivity index (χ3n) is 2.63. The second-order valence-electron chi connectivity index (χ2n) is 3.79. The average Bonchev–Trinajstić information content (AvgIpc) is 2.64. The highest BCUT2D eigenvalue weighted by atomic mass is 16.5. The average molecular weight is 247 g/mol. The Morgan fingerprint density at radius 3 is 2.61 bits per heavy atom. The smallest absolute Gasteiger partial charge is 0.359 e. The highest BCUT2D eigenvalue weighted by Crippen LogP contribution is 2.32. The summed E-state index contributed by atoms with van der Waals surface area (Å²) >= 11 is 0. The monoisotopic (exact) mass is 247 g/mol. The van der Waals surface area contributed by atoms with Gasteiger partial charge in [0.05, 0.1) is 12.1 Å². The number of esters is 1. The molecular weight excluding hydrogens is 234 g/mol. The van der Waals surface area contributed by atoms with Gasteiger partial charge in [-0.05, 0) is 19.1 Å². The van der Waals surface area contributed by atoms with E-state index in [1.807, 2.05) is 0 Å². The number of benzene rings is 1. The first-order chi connectivity index (χ1) is 8.57. The van der Waals surface area contributed by atoms with E-state index in [1.165, 1.54) is 11.5 Å². The van der Waals surface area contributed by atoms with Crippen LogP contribution in [0.5, 0.6) is 5.75 Å². The summed E-state index contributed by atoms with van der Waals surface area (Å²) in [6, 6.07) is 6.77. The lowest BCUT2D eigenvalue weighted by atomic mass is 10.2. The quantitative estimate of drug-likeness (QED) is 0.826. The largest absolute Gasteiger partial charge is 0.505 e. The van der Waals surface area contributed by atoms with E-state index in [-0.39, 0.29) is 24.0 Å². The standard InChI is InChI=1S/C13H13NO4/c1-3-18-13(17)11-12(16)9-6-4-5-7-10(9)14(11)8(2)15/h4-7,16H,3H2,1-2H3. The SMILES string of the molecule is CCOC(=O)c1c(O)c2ccccc2n1C(C)=O. The number of aromatic nitrogens is 1. The van der Waals surface area contributed by atoms with Crippen molar-refractivity contribution in [3.8, 4) is 5.75 Å². The van der Waals surface area contributed by atoms with Crippen LogP contribution < -0.4 is 0 Å². The van der Waals surface area contributed by atoms with Crippen LogP contribution in [-0.4, -0.2) is 28.2 Å². The van der Waals surface area contributed by atoms with Gasteiger partial charge in [0.25, 0.3) is 0 Å². The Morgan fingerprint density at radius 1 is 1.33 bits per heavy atom. The zero-order valence-electron chi connectivity index (χ0n) is 10.1. The van der Waals surface area contributed by atoms with Crippen molar-refractivity contribution in [3.63, 3.8) is 0 Å². The lowest BCUT2D eigenvalue weighted by Crippen LogP contribution is -2.16. The highest BCUT2D eigenvalue weighted by molar-refractivity contribution is 6.07. The van der Waals surface area contributed by atoms with Crippen molar-refractivity contribution in [2.24, 2.45) is 0 Å². The van der Waals surface area contributed by atoms with E-state index in [0.717, 1.165) is 0 Å². The molecule has 0 aliphatic carbocycles. The van der Waals surface area contributed by atoms with Gasteiger partial charge in [-0.25, -0.2) is 4.79 Å². The molecule has 0 aliphatic rings. The van der Waals surface area contributed by atoms with E-state index in [9.17, 15) is 14.7 Å². The summed E-state index contributed by atoms with van der Waals surface area (Å²) in [6.45, 7) is 3.17. The molecular formula is C13H13NO4. The molecule has 1 heterocycles. The maximum atomic E-state index is 11.8. The number of rotatable bonds is 2. The minimum Gasteiger partial charge on any atom is -0.505 e. The number of nitrogens with zero attached hydrogens (tertiary/aromatic N) is 1. The molecule has 1 N–H and O–H groups in total. The minimum atomic E-state index is -0.707. The lowest BCUT2D eigenvalue weighted by molar-refractivity contribution is 0.0506. The highest BCUT2D eigenvalue weighted by Gasteiger charge is 2.25. The number of ether oxygens (including phenoxy) is 1. The van der Waals surface area contributed by atoms with Gasteiger partial charge < -0.3 is 9.84 Å². The second-order valence-corrected chi connectivity index (χ2v) is 3.79. The fourth-order valence-corrected chi connectivity index (χ4v) is 1.94. The molecule has 0 spiro atoms. The number of para-hydroxylation sites is 1. The molecule has 5 heteroatoms. The first-order valence-corrected chi connectivity index (χ1v) is 5.58. The summed E-state index contributed by atoms with van der Waals surface area (Å²) in [5.74, 6) is -1.28. The van der Waals surface area contributed by atoms with Crippen LogP contribution in [0.15, 0.2) is 24.3 Å². The van der Waals surface area contributed by atoms with E-state index in [2.05, 4.69) is 0 Å². The van der Waals surface area contributed by atoms with Crippen LogP contribution in [0.2, 0.25) is 0 Å². The summed E-state index contributed by atoms with van der Waals surface area (Å²) < 4.78 is 6.03. The summed E-state index contributed by atoms with van der Waals surface area (Å²) in [4.78, 5) is 23.5. The van der Waals surface area contributed by atoms with E-state index in [0.29, 0.717) is 10.9 Å². The van der Waals surface area contributed by atoms with Crippen LogP contribution in [0.25, 0.3) is 10.9 Å². The molecule has 0 unspecified atom stereocenters. The molecule has 0 saturated carbocycles. The zero-order chi connectivity index (χ0) is 13.3. The fourth-order valence-electron chi connectivity index (χ4n) is 1.94. The van der Waals surface area contributed by atoms with Crippen LogP contribution in [0.4, 0.5) is 0 Å². The number of hydrogen-bond acceptors (Lipinski definition) is 4. The van der Waals surface area contributed by atoms with Crippen molar-refractivity contribution < 1.29 is 19.4 Å². The van der Waals surface area contributed by atoms with Crippen LogP contribution in [0.1, 0.15) is 29.1 Å².